The van der Waals surface area contributed by atoms with E-state index in [2.05, 4.69) is 14.8 Å². The minimum Gasteiger partial charge on any atom is -0.369 e. The molecular formula is C22H23FN4O2. The van der Waals surface area contributed by atoms with Crippen LogP contribution in [0.5, 0.6) is 0 Å². The normalized spacial score (nSPS) is 15.0. The number of rotatable bonds is 5. The van der Waals surface area contributed by atoms with Gasteiger partial charge in [-0.05, 0) is 43.3 Å². The third-order valence-electron chi connectivity index (χ3n) is 5.47. The Labute approximate surface area is 168 Å². The fourth-order valence-electron chi connectivity index (χ4n) is 3.71. The van der Waals surface area contributed by atoms with E-state index in [4.69, 9.17) is 0 Å². The van der Waals surface area contributed by atoms with Gasteiger partial charge < -0.3 is 4.90 Å². The molecule has 2 heterocycles. The second-order valence-corrected chi connectivity index (χ2v) is 7.31. The highest BCUT2D eigenvalue weighted by Gasteiger charge is 2.18. The van der Waals surface area contributed by atoms with Crippen LogP contribution >= 0.6 is 0 Å². The van der Waals surface area contributed by atoms with Crippen molar-refractivity contribution < 1.29 is 9.18 Å². The van der Waals surface area contributed by atoms with Crippen LogP contribution in [-0.2, 0) is 6.54 Å². The number of ketones is 1. The summed E-state index contributed by atoms with van der Waals surface area (Å²) in [4.78, 5) is 32.8. The summed E-state index contributed by atoms with van der Waals surface area (Å²) in [5, 5.41) is 0.0498. The SMILES string of the molecule is CC(=O)c1ccc(N2CCN(CCn3cnc4cccc(F)c4c3=O)CC2)cc1. The lowest BCUT2D eigenvalue weighted by Gasteiger charge is -2.36. The van der Waals surface area contributed by atoms with E-state index in [1.165, 1.54) is 17.0 Å². The van der Waals surface area contributed by atoms with Crippen LogP contribution in [-0.4, -0.2) is 53.0 Å². The van der Waals surface area contributed by atoms with Gasteiger partial charge >= 0.3 is 0 Å². The standard InChI is InChI=1S/C22H23FN4O2/c1-16(28)17-5-7-18(8-6-17)26-12-9-25(10-13-26)11-14-27-15-24-20-4-2-3-19(23)21(20)22(27)29/h2-8,15H,9-14H2,1H3. The third kappa shape index (κ3) is 4.05. The molecule has 150 valence electrons. The maximum absolute atomic E-state index is 14.0. The fraction of sp³-hybridized carbons (Fsp3) is 0.318. The van der Waals surface area contributed by atoms with Crippen LogP contribution in [0.25, 0.3) is 10.9 Å². The molecule has 0 radical (unpaired) electrons. The highest BCUT2D eigenvalue weighted by molar-refractivity contribution is 5.94. The summed E-state index contributed by atoms with van der Waals surface area (Å²) in [6, 6.07) is 12.2. The average molecular weight is 394 g/mol. The number of carbonyl (C=O) groups is 1. The minimum absolute atomic E-state index is 0.0498. The first-order valence-corrected chi connectivity index (χ1v) is 9.75. The van der Waals surface area contributed by atoms with Crippen LogP contribution in [0.15, 0.2) is 53.6 Å². The van der Waals surface area contributed by atoms with Crippen molar-refractivity contribution in [2.75, 3.05) is 37.6 Å². The number of piperazine rings is 1. The van der Waals surface area contributed by atoms with E-state index in [0.717, 1.165) is 37.4 Å². The van der Waals surface area contributed by atoms with Crippen molar-refractivity contribution in [1.82, 2.24) is 14.5 Å². The molecule has 0 atom stereocenters. The zero-order valence-electron chi connectivity index (χ0n) is 16.3. The topological polar surface area (TPSA) is 58.4 Å². The van der Waals surface area contributed by atoms with Crippen molar-refractivity contribution in [2.45, 2.75) is 13.5 Å². The number of hydrogen-bond donors (Lipinski definition) is 0. The summed E-state index contributed by atoms with van der Waals surface area (Å²) in [5.74, 6) is -0.460. The van der Waals surface area contributed by atoms with Crippen molar-refractivity contribution in [1.29, 1.82) is 0 Å². The second-order valence-electron chi connectivity index (χ2n) is 7.31. The molecule has 7 heteroatoms. The minimum atomic E-state index is -0.529. The summed E-state index contributed by atoms with van der Waals surface area (Å²) in [6.07, 6.45) is 1.50. The highest BCUT2D eigenvalue weighted by Crippen LogP contribution is 2.18. The van der Waals surface area contributed by atoms with Gasteiger partial charge in [-0.1, -0.05) is 6.07 Å². The molecular weight excluding hydrogens is 371 g/mol. The summed E-state index contributed by atoms with van der Waals surface area (Å²) >= 11 is 0. The summed E-state index contributed by atoms with van der Waals surface area (Å²) in [5.41, 5.74) is 1.88. The number of benzene rings is 2. The van der Waals surface area contributed by atoms with Crippen molar-refractivity contribution in [2.24, 2.45) is 0 Å². The molecule has 1 saturated heterocycles. The molecule has 1 fully saturated rings. The highest BCUT2D eigenvalue weighted by atomic mass is 19.1. The van der Waals surface area contributed by atoms with Crippen molar-refractivity contribution in [3.8, 4) is 0 Å². The Hall–Kier alpha value is -3.06. The fourth-order valence-corrected chi connectivity index (χ4v) is 3.71. The first-order chi connectivity index (χ1) is 14.0. The molecule has 4 rings (SSSR count). The van der Waals surface area contributed by atoms with Crippen molar-refractivity contribution >= 4 is 22.4 Å². The zero-order valence-corrected chi connectivity index (χ0v) is 16.3. The van der Waals surface area contributed by atoms with Gasteiger partial charge in [0.05, 0.1) is 11.8 Å². The molecule has 0 saturated carbocycles. The predicted molar refractivity (Wildman–Crippen MR) is 111 cm³/mol. The molecule has 0 N–H and O–H groups in total. The Morgan fingerprint density at radius 2 is 1.76 bits per heavy atom. The van der Waals surface area contributed by atoms with E-state index in [0.29, 0.717) is 18.6 Å². The van der Waals surface area contributed by atoms with E-state index in [1.807, 2.05) is 24.3 Å². The maximum atomic E-state index is 14.0. The smallest absolute Gasteiger partial charge is 0.264 e. The number of fused-ring (bicyclic) bond motifs is 1. The predicted octanol–water partition coefficient (Wildman–Crippen LogP) is 2.56. The van der Waals surface area contributed by atoms with Gasteiger partial charge in [-0.15, -0.1) is 0 Å². The van der Waals surface area contributed by atoms with E-state index < -0.39 is 5.82 Å². The lowest BCUT2D eigenvalue weighted by Crippen LogP contribution is -2.47. The molecule has 2 aromatic carbocycles. The Kier molecular flexibility index (Phi) is 5.40. The molecule has 0 unspecified atom stereocenters. The molecule has 1 aromatic heterocycles. The molecule has 0 spiro atoms. The van der Waals surface area contributed by atoms with Gasteiger partial charge in [0.15, 0.2) is 5.78 Å². The van der Waals surface area contributed by atoms with Gasteiger partial charge in [0, 0.05) is 50.5 Å². The van der Waals surface area contributed by atoms with E-state index >= 15 is 0 Å². The third-order valence-corrected chi connectivity index (χ3v) is 5.47. The lowest BCUT2D eigenvalue weighted by molar-refractivity contribution is 0.101. The Morgan fingerprint density at radius 3 is 2.45 bits per heavy atom. The number of nitrogens with zero attached hydrogens (tertiary/aromatic N) is 4. The van der Waals surface area contributed by atoms with E-state index in [-0.39, 0.29) is 16.7 Å². The average Bonchev–Trinajstić information content (AvgIpc) is 2.74. The number of hydrogen-bond acceptors (Lipinski definition) is 5. The monoisotopic (exact) mass is 394 g/mol. The Balaban J connectivity index is 1.36. The van der Waals surface area contributed by atoms with Gasteiger partial charge in [0.2, 0.25) is 0 Å². The van der Waals surface area contributed by atoms with Crippen molar-refractivity contribution in [3.05, 3.63) is 70.5 Å². The summed E-state index contributed by atoms with van der Waals surface area (Å²) in [6.45, 7) is 6.25. The van der Waals surface area contributed by atoms with Gasteiger partial charge in [0.1, 0.15) is 11.2 Å². The first-order valence-electron chi connectivity index (χ1n) is 9.75. The number of carbonyl (C=O) groups excluding carboxylic acids is 1. The summed E-state index contributed by atoms with van der Waals surface area (Å²) in [7, 11) is 0. The maximum Gasteiger partial charge on any atom is 0.264 e. The molecule has 3 aromatic rings. The molecule has 6 nitrogen and oxygen atoms in total. The largest absolute Gasteiger partial charge is 0.369 e. The number of aromatic nitrogens is 2. The van der Waals surface area contributed by atoms with E-state index in [9.17, 15) is 14.0 Å². The van der Waals surface area contributed by atoms with Crippen LogP contribution in [0.3, 0.4) is 0 Å². The number of anilines is 1. The molecule has 0 bridgehead atoms. The molecule has 0 amide bonds. The Bertz CT molecular complexity index is 1090. The van der Waals surface area contributed by atoms with Crippen LogP contribution in [0.1, 0.15) is 17.3 Å². The Morgan fingerprint density at radius 1 is 1.03 bits per heavy atom. The van der Waals surface area contributed by atoms with Crippen molar-refractivity contribution in [3.63, 3.8) is 0 Å². The lowest BCUT2D eigenvalue weighted by atomic mass is 10.1. The van der Waals surface area contributed by atoms with Gasteiger partial charge in [-0.2, -0.15) is 0 Å². The van der Waals surface area contributed by atoms with E-state index in [1.54, 1.807) is 19.1 Å². The molecule has 0 aliphatic carbocycles. The molecule has 1 aliphatic heterocycles. The second kappa shape index (κ2) is 8.13. The summed E-state index contributed by atoms with van der Waals surface area (Å²) < 4.78 is 15.5. The van der Waals surface area contributed by atoms with Gasteiger partial charge in [0.25, 0.3) is 5.56 Å². The van der Waals surface area contributed by atoms with Crippen LogP contribution < -0.4 is 10.5 Å². The van der Waals surface area contributed by atoms with Crippen LogP contribution in [0.4, 0.5) is 10.1 Å². The van der Waals surface area contributed by atoms with Crippen LogP contribution in [0.2, 0.25) is 0 Å². The molecule has 29 heavy (non-hydrogen) atoms. The molecule has 1 aliphatic rings. The number of halogens is 1. The van der Waals surface area contributed by atoms with Crippen LogP contribution in [0, 0.1) is 5.82 Å². The first kappa shape index (κ1) is 19.3. The number of Topliss-reactive ketones (excluding diaryl/α,β-unsaturated/α-hetero) is 1. The quantitative estimate of drug-likeness (QED) is 0.623. The zero-order chi connectivity index (χ0) is 20.4. The van der Waals surface area contributed by atoms with Gasteiger partial charge in [-0.3, -0.25) is 19.1 Å². The van der Waals surface area contributed by atoms with Gasteiger partial charge in [-0.25, -0.2) is 9.37 Å².